The summed E-state index contributed by atoms with van der Waals surface area (Å²) in [5.74, 6) is 0.669. The minimum Gasteiger partial charge on any atom is -0.330 e. The van der Waals surface area contributed by atoms with E-state index < -0.39 is 0 Å². The van der Waals surface area contributed by atoms with Crippen LogP contribution in [0.25, 0.3) is 11.3 Å². The monoisotopic (exact) mass is 219 g/mol. The van der Waals surface area contributed by atoms with Gasteiger partial charge in [-0.25, -0.2) is 9.37 Å². The second-order valence-electron chi connectivity index (χ2n) is 3.63. The topological polar surface area (TPSA) is 29.9 Å². The van der Waals surface area contributed by atoms with Crippen LogP contribution >= 0.6 is 0 Å². The molecule has 0 aliphatic heterocycles. The average Bonchev–Trinajstić information content (AvgIpc) is 2.62. The number of benzene rings is 1. The van der Waals surface area contributed by atoms with Crippen LogP contribution in [0.15, 0.2) is 30.5 Å². The Labute approximate surface area is 93.9 Å². The van der Waals surface area contributed by atoms with Crippen molar-refractivity contribution in [2.45, 2.75) is 6.54 Å². The molecular formula is C12H14FN3. The Hall–Kier alpha value is -1.68. The molecule has 0 unspecified atom stereocenters. The van der Waals surface area contributed by atoms with Gasteiger partial charge in [0.1, 0.15) is 11.6 Å². The molecule has 0 amide bonds. The van der Waals surface area contributed by atoms with Crippen molar-refractivity contribution in [2.24, 2.45) is 7.05 Å². The molecule has 84 valence electrons. The minimum absolute atomic E-state index is 0.221. The van der Waals surface area contributed by atoms with Gasteiger partial charge >= 0.3 is 0 Å². The average molecular weight is 219 g/mol. The highest BCUT2D eigenvalue weighted by Crippen LogP contribution is 2.22. The lowest BCUT2D eigenvalue weighted by Crippen LogP contribution is -2.10. The fourth-order valence-corrected chi connectivity index (χ4v) is 1.69. The summed E-state index contributed by atoms with van der Waals surface area (Å²) in [7, 11) is 3.75. The van der Waals surface area contributed by atoms with Crippen LogP contribution in [0.4, 0.5) is 4.39 Å². The van der Waals surface area contributed by atoms with Gasteiger partial charge in [0.05, 0.1) is 18.4 Å². The lowest BCUT2D eigenvalue weighted by Gasteiger charge is -2.06. The van der Waals surface area contributed by atoms with Crippen LogP contribution < -0.4 is 5.32 Å². The van der Waals surface area contributed by atoms with E-state index in [1.807, 2.05) is 24.7 Å². The predicted octanol–water partition coefficient (Wildman–Crippen LogP) is 1.95. The Morgan fingerprint density at radius 2 is 2.12 bits per heavy atom. The summed E-state index contributed by atoms with van der Waals surface area (Å²) in [4.78, 5) is 4.26. The Balaban J connectivity index is 2.45. The third kappa shape index (κ3) is 1.84. The number of aromatic nitrogens is 2. The van der Waals surface area contributed by atoms with Crippen LogP contribution in [0.3, 0.4) is 0 Å². The SMILES string of the molecule is CNCc1ncc(-c2ccccc2F)n1C. The van der Waals surface area contributed by atoms with E-state index in [9.17, 15) is 4.39 Å². The first-order valence-electron chi connectivity index (χ1n) is 5.14. The van der Waals surface area contributed by atoms with Crippen molar-refractivity contribution in [3.63, 3.8) is 0 Å². The molecule has 0 spiro atoms. The summed E-state index contributed by atoms with van der Waals surface area (Å²) < 4.78 is 15.5. The number of nitrogens with one attached hydrogen (secondary N) is 1. The first-order valence-corrected chi connectivity index (χ1v) is 5.14. The number of rotatable bonds is 3. The molecular weight excluding hydrogens is 205 g/mol. The quantitative estimate of drug-likeness (QED) is 0.855. The van der Waals surface area contributed by atoms with Gasteiger partial charge in [0.2, 0.25) is 0 Å². The van der Waals surface area contributed by atoms with Crippen molar-refractivity contribution >= 4 is 0 Å². The number of nitrogens with zero attached hydrogens (tertiary/aromatic N) is 2. The maximum absolute atomic E-state index is 13.6. The maximum atomic E-state index is 13.6. The number of halogens is 1. The normalized spacial score (nSPS) is 10.7. The van der Waals surface area contributed by atoms with E-state index in [-0.39, 0.29) is 5.82 Å². The first kappa shape index (κ1) is 10.8. The van der Waals surface area contributed by atoms with E-state index in [0.717, 1.165) is 11.5 Å². The molecule has 0 aliphatic rings. The smallest absolute Gasteiger partial charge is 0.132 e. The molecule has 0 fully saturated rings. The van der Waals surface area contributed by atoms with Gasteiger partial charge in [-0.2, -0.15) is 0 Å². The van der Waals surface area contributed by atoms with Gasteiger partial charge < -0.3 is 9.88 Å². The Morgan fingerprint density at radius 3 is 2.81 bits per heavy atom. The van der Waals surface area contributed by atoms with Crippen molar-refractivity contribution in [1.82, 2.24) is 14.9 Å². The molecule has 16 heavy (non-hydrogen) atoms. The van der Waals surface area contributed by atoms with Crippen molar-refractivity contribution in [3.8, 4) is 11.3 Å². The molecule has 0 saturated carbocycles. The molecule has 0 aliphatic carbocycles. The molecule has 2 rings (SSSR count). The fraction of sp³-hybridized carbons (Fsp3) is 0.250. The van der Waals surface area contributed by atoms with E-state index in [0.29, 0.717) is 12.1 Å². The van der Waals surface area contributed by atoms with E-state index in [4.69, 9.17) is 0 Å². The maximum Gasteiger partial charge on any atom is 0.132 e. The predicted molar refractivity (Wildman–Crippen MR) is 61.4 cm³/mol. The standard InChI is InChI=1S/C12H14FN3/c1-14-8-12-15-7-11(16(12)2)9-5-3-4-6-10(9)13/h3-7,14H,8H2,1-2H3. The van der Waals surface area contributed by atoms with Gasteiger partial charge in [-0.3, -0.25) is 0 Å². The van der Waals surface area contributed by atoms with Crippen LogP contribution in [0.1, 0.15) is 5.82 Å². The summed E-state index contributed by atoms with van der Waals surface area (Å²) in [5.41, 5.74) is 1.38. The van der Waals surface area contributed by atoms with Gasteiger partial charge in [0.25, 0.3) is 0 Å². The summed E-state index contributed by atoms with van der Waals surface area (Å²) in [5, 5.41) is 3.03. The van der Waals surface area contributed by atoms with Crippen LogP contribution in [0.2, 0.25) is 0 Å². The third-order valence-corrected chi connectivity index (χ3v) is 2.57. The largest absolute Gasteiger partial charge is 0.330 e. The minimum atomic E-state index is -0.221. The first-order chi connectivity index (χ1) is 7.74. The van der Waals surface area contributed by atoms with E-state index >= 15 is 0 Å². The van der Waals surface area contributed by atoms with Crippen LogP contribution in [-0.2, 0) is 13.6 Å². The van der Waals surface area contributed by atoms with Crippen molar-refractivity contribution in [3.05, 3.63) is 42.1 Å². The van der Waals surface area contributed by atoms with E-state index in [2.05, 4.69) is 10.3 Å². The lowest BCUT2D eigenvalue weighted by molar-refractivity contribution is 0.628. The zero-order chi connectivity index (χ0) is 11.5. The van der Waals surface area contributed by atoms with Crippen LogP contribution in [-0.4, -0.2) is 16.6 Å². The number of hydrogen-bond acceptors (Lipinski definition) is 2. The second-order valence-corrected chi connectivity index (χ2v) is 3.63. The molecule has 0 radical (unpaired) electrons. The fourth-order valence-electron chi connectivity index (χ4n) is 1.69. The summed E-state index contributed by atoms with van der Waals surface area (Å²) in [6, 6.07) is 6.72. The summed E-state index contributed by atoms with van der Waals surface area (Å²) >= 11 is 0. The van der Waals surface area contributed by atoms with Gasteiger partial charge in [0.15, 0.2) is 0 Å². The van der Waals surface area contributed by atoms with E-state index in [1.54, 1.807) is 18.3 Å². The van der Waals surface area contributed by atoms with Gasteiger partial charge in [-0.1, -0.05) is 12.1 Å². The second kappa shape index (κ2) is 4.45. The molecule has 0 atom stereocenters. The lowest BCUT2D eigenvalue weighted by atomic mass is 10.1. The molecule has 1 aromatic heterocycles. The zero-order valence-electron chi connectivity index (χ0n) is 9.37. The Bertz CT molecular complexity index is 491. The van der Waals surface area contributed by atoms with Crippen LogP contribution in [0.5, 0.6) is 0 Å². The summed E-state index contributed by atoms with van der Waals surface area (Å²) in [6.45, 7) is 0.672. The molecule has 4 heteroatoms. The molecule has 1 N–H and O–H groups in total. The highest BCUT2D eigenvalue weighted by Gasteiger charge is 2.10. The molecule has 0 bridgehead atoms. The highest BCUT2D eigenvalue weighted by molar-refractivity contribution is 5.59. The van der Waals surface area contributed by atoms with Gasteiger partial charge in [-0.15, -0.1) is 0 Å². The van der Waals surface area contributed by atoms with Gasteiger partial charge in [0, 0.05) is 12.6 Å². The summed E-state index contributed by atoms with van der Waals surface area (Å²) in [6.07, 6.45) is 1.70. The van der Waals surface area contributed by atoms with Crippen LogP contribution in [0, 0.1) is 5.82 Å². The molecule has 2 aromatic rings. The number of imidazole rings is 1. The molecule has 1 aromatic carbocycles. The van der Waals surface area contributed by atoms with Crippen molar-refractivity contribution in [1.29, 1.82) is 0 Å². The Morgan fingerprint density at radius 1 is 1.38 bits per heavy atom. The molecule has 0 saturated heterocycles. The highest BCUT2D eigenvalue weighted by atomic mass is 19.1. The molecule has 1 heterocycles. The van der Waals surface area contributed by atoms with Crippen molar-refractivity contribution in [2.75, 3.05) is 7.05 Å². The van der Waals surface area contributed by atoms with Crippen molar-refractivity contribution < 1.29 is 4.39 Å². The zero-order valence-corrected chi connectivity index (χ0v) is 9.37. The van der Waals surface area contributed by atoms with E-state index in [1.165, 1.54) is 6.07 Å². The van der Waals surface area contributed by atoms with Gasteiger partial charge in [-0.05, 0) is 19.2 Å². The Kier molecular flexibility index (Phi) is 3.01. The molecule has 3 nitrogen and oxygen atoms in total. The third-order valence-electron chi connectivity index (χ3n) is 2.57. The number of hydrogen-bond donors (Lipinski definition) is 1.